The first kappa shape index (κ1) is 16.5. The quantitative estimate of drug-likeness (QED) is 0.797. The molecule has 1 aliphatic carbocycles. The Kier molecular flexibility index (Phi) is 4.77. The van der Waals surface area contributed by atoms with Gasteiger partial charge in [-0.05, 0) is 49.3 Å². The maximum Gasteiger partial charge on any atom is 0.191 e. The molecule has 1 unspecified atom stereocenters. The Balaban J connectivity index is 2.04. The van der Waals surface area contributed by atoms with Crippen LogP contribution in [0.5, 0.6) is 0 Å². The first-order valence-electron chi connectivity index (χ1n) is 8.79. The van der Waals surface area contributed by atoms with Crippen molar-refractivity contribution in [2.24, 2.45) is 11.8 Å². The minimum Gasteiger partial charge on any atom is -0.374 e. The highest BCUT2D eigenvalue weighted by Gasteiger charge is 2.22. The summed E-state index contributed by atoms with van der Waals surface area (Å²) in [4.78, 5) is 16.4. The van der Waals surface area contributed by atoms with E-state index in [1.807, 2.05) is 17.4 Å². The van der Waals surface area contributed by atoms with E-state index in [1.165, 1.54) is 23.4 Å². The number of hydrogen-bond donors (Lipinski definition) is 0. The normalized spacial score (nSPS) is 17.5. The van der Waals surface area contributed by atoms with Gasteiger partial charge in [-0.2, -0.15) is 0 Å². The lowest BCUT2D eigenvalue weighted by Crippen LogP contribution is -2.23. The first-order chi connectivity index (χ1) is 11.0. The SMILES string of the molecule is CCC1CCc2c(sc3cc(N(C)CC(C)C)ccc3c2=O)C1. The number of hydrogen-bond acceptors (Lipinski definition) is 3. The summed E-state index contributed by atoms with van der Waals surface area (Å²) in [6, 6.07) is 6.34. The molecular weight excluding hydrogens is 302 g/mol. The summed E-state index contributed by atoms with van der Waals surface area (Å²) < 4.78 is 1.15. The van der Waals surface area contributed by atoms with E-state index in [-0.39, 0.29) is 5.43 Å². The smallest absolute Gasteiger partial charge is 0.191 e. The standard InChI is InChI=1S/C20H27NOS/c1-5-14-6-8-16-18(10-14)23-19-11-15(21(4)12-13(2)3)7-9-17(19)20(16)22/h7,9,11,13-14H,5-6,8,10,12H2,1-4H3. The molecule has 2 aromatic rings. The van der Waals surface area contributed by atoms with Gasteiger partial charge in [0, 0.05) is 39.8 Å². The molecule has 1 aromatic heterocycles. The lowest BCUT2D eigenvalue weighted by Gasteiger charge is -2.24. The average Bonchev–Trinajstić information content (AvgIpc) is 2.53. The summed E-state index contributed by atoms with van der Waals surface area (Å²) in [6.07, 6.45) is 4.45. The van der Waals surface area contributed by atoms with Gasteiger partial charge in [-0.1, -0.05) is 27.2 Å². The molecular formula is C20H27NOS. The minimum atomic E-state index is 0.279. The lowest BCUT2D eigenvalue weighted by molar-refractivity contribution is 0.448. The summed E-state index contributed by atoms with van der Waals surface area (Å²) in [5.41, 5.74) is 2.58. The van der Waals surface area contributed by atoms with Crippen molar-refractivity contribution in [2.45, 2.75) is 46.5 Å². The molecule has 0 aliphatic heterocycles. The Labute approximate surface area is 143 Å². The van der Waals surface area contributed by atoms with Crippen molar-refractivity contribution in [3.8, 4) is 0 Å². The molecule has 0 N–H and O–H groups in total. The van der Waals surface area contributed by atoms with Gasteiger partial charge in [0.05, 0.1) is 0 Å². The fourth-order valence-corrected chi connectivity index (χ4v) is 4.99. The molecule has 1 atom stereocenters. The van der Waals surface area contributed by atoms with E-state index in [2.05, 4.69) is 44.9 Å². The number of nitrogens with zero attached hydrogens (tertiary/aromatic N) is 1. The summed E-state index contributed by atoms with van der Waals surface area (Å²) in [7, 11) is 2.13. The molecule has 1 aromatic carbocycles. The third-order valence-electron chi connectivity index (χ3n) is 4.99. The zero-order valence-electron chi connectivity index (χ0n) is 14.7. The van der Waals surface area contributed by atoms with E-state index >= 15 is 0 Å². The van der Waals surface area contributed by atoms with Gasteiger partial charge in [-0.3, -0.25) is 4.79 Å². The van der Waals surface area contributed by atoms with Crippen LogP contribution in [-0.2, 0) is 12.8 Å². The van der Waals surface area contributed by atoms with Crippen molar-refractivity contribution in [3.63, 3.8) is 0 Å². The molecule has 0 bridgehead atoms. The van der Waals surface area contributed by atoms with Crippen LogP contribution in [0.15, 0.2) is 23.0 Å². The molecule has 23 heavy (non-hydrogen) atoms. The Morgan fingerprint density at radius 2 is 2.13 bits per heavy atom. The van der Waals surface area contributed by atoms with Crippen LogP contribution in [0.4, 0.5) is 5.69 Å². The second-order valence-corrected chi connectivity index (χ2v) is 8.44. The van der Waals surface area contributed by atoms with E-state index in [9.17, 15) is 4.79 Å². The number of rotatable bonds is 4. The van der Waals surface area contributed by atoms with Crippen LogP contribution in [-0.4, -0.2) is 13.6 Å². The number of benzene rings is 1. The fourth-order valence-electron chi connectivity index (χ4n) is 3.64. The van der Waals surface area contributed by atoms with Crippen LogP contribution in [0, 0.1) is 11.8 Å². The van der Waals surface area contributed by atoms with E-state index in [1.54, 1.807) is 0 Å². The summed E-state index contributed by atoms with van der Waals surface area (Å²) >= 11 is 1.85. The predicted octanol–water partition coefficient (Wildman–Crippen LogP) is 4.87. The van der Waals surface area contributed by atoms with E-state index < -0.39 is 0 Å². The first-order valence-corrected chi connectivity index (χ1v) is 9.61. The highest BCUT2D eigenvalue weighted by molar-refractivity contribution is 7.18. The second-order valence-electron chi connectivity index (χ2n) is 7.30. The van der Waals surface area contributed by atoms with Crippen LogP contribution in [0.25, 0.3) is 10.1 Å². The van der Waals surface area contributed by atoms with Crippen molar-refractivity contribution in [1.29, 1.82) is 0 Å². The zero-order chi connectivity index (χ0) is 16.6. The number of fused-ring (bicyclic) bond motifs is 2. The Bertz CT molecular complexity index is 762. The summed E-state index contributed by atoms with van der Waals surface area (Å²) in [5, 5.41) is 0.908. The van der Waals surface area contributed by atoms with Gasteiger partial charge < -0.3 is 4.90 Å². The highest BCUT2D eigenvalue weighted by atomic mass is 32.1. The Morgan fingerprint density at radius 3 is 2.83 bits per heavy atom. The molecule has 3 heteroatoms. The van der Waals surface area contributed by atoms with Crippen molar-refractivity contribution in [3.05, 3.63) is 38.9 Å². The van der Waals surface area contributed by atoms with E-state index in [0.717, 1.165) is 41.0 Å². The average molecular weight is 330 g/mol. The molecule has 3 rings (SSSR count). The van der Waals surface area contributed by atoms with Crippen molar-refractivity contribution in [2.75, 3.05) is 18.5 Å². The van der Waals surface area contributed by atoms with Gasteiger partial charge in [-0.25, -0.2) is 0 Å². The molecule has 2 nitrogen and oxygen atoms in total. The van der Waals surface area contributed by atoms with Gasteiger partial charge in [0.2, 0.25) is 0 Å². The minimum absolute atomic E-state index is 0.279. The van der Waals surface area contributed by atoms with Crippen LogP contribution in [0.2, 0.25) is 0 Å². The van der Waals surface area contributed by atoms with E-state index in [0.29, 0.717) is 5.92 Å². The fraction of sp³-hybridized carbons (Fsp3) is 0.550. The van der Waals surface area contributed by atoms with Crippen LogP contribution >= 0.6 is 11.3 Å². The third kappa shape index (κ3) is 3.30. The topological polar surface area (TPSA) is 20.3 Å². The lowest BCUT2D eigenvalue weighted by atomic mass is 9.87. The largest absolute Gasteiger partial charge is 0.374 e. The molecule has 0 saturated carbocycles. The summed E-state index contributed by atoms with van der Waals surface area (Å²) in [5.74, 6) is 1.38. The molecule has 124 valence electrons. The Morgan fingerprint density at radius 1 is 1.35 bits per heavy atom. The third-order valence-corrected chi connectivity index (χ3v) is 6.20. The zero-order valence-corrected chi connectivity index (χ0v) is 15.5. The summed E-state index contributed by atoms with van der Waals surface area (Å²) in [6.45, 7) is 7.76. The monoisotopic (exact) mass is 329 g/mol. The van der Waals surface area contributed by atoms with Crippen LogP contribution < -0.4 is 10.3 Å². The molecule has 0 saturated heterocycles. The Hall–Kier alpha value is -1.35. The van der Waals surface area contributed by atoms with Gasteiger partial charge >= 0.3 is 0 Å². The van der Waals surface area contributed by atoms with Gasteiger partial charge in [0.25, 0.3) is 0 Å². The van der Waals surface area contributed by atoms with Gasteiger partial charge in [0.1, 0.15) is 0 Å². The molecule has 0 amide bonds. The predicted molar refractivity (Wildman–Crippen MR) is 102 cm³/mol. The van der Waals surface area contributed by atoms with Crippen molar-refractivity contribution in [1.82, 2.24) is 0 Å². The maximum absolute atomic E-state index is 12.8. The van der Waals surface area contributed by atoms with Crippen LogP contribution in [0.1, 0.15) is 44.1 Å². The van der Waals surface area contributed by atoms with Crippen molar-refractivity contribution >= 4 is 27.1 Å². The maximum atomic E-state index is 12.8. The van der Waals surface area contributed by atoms with Gasteiger partial charge in [-0.15, -0.1) is 11.3 Å². The molecule has 1 heterocycles. The van der Waals surface area contributed by atoms with Crippen LogP contribution in [0.3, 0.4) is 0 Å². The molecule has 1 aliphatic rings. The molecule has 0 radical (unpaired) electrons. The number of anilines is 1. The van der Waals surface area contributed by atoms with E-state index in [4.69, 9.17) is 0 Å². The molecule has 0 spiro atoms. The second kappa shape index (κ2) is 6.64. The highest BCUT2D eigenvalue weighted by Crippen LogP contribution is 2.33. The van der Waals surface area contributed by atoms with Gasteiger partial charge in [0.15, 0.2) is 5.43 Å². The molecule has 0 fully saturated rings. The van der Waals surface area contributed by atoms with Crippen molar-refractivity contribution < 1.29 is 0 Å².